The van der Waals surface area contributed by atoms with Crippen molar-refractivity contribution in [3.05, 3.63) is 47.0 Å². The van der Waals surface area contributed by atoms with Gasteiger partial charge in [0, 0.05) is 19.3 Å². The molecule has 1 aliphatic heterocycles. The number of halogens is 1. The van der Waals surface area contributed by atoms with Gasteiger partial charge in [0.05, 0.1) is 31.0 Å². The second-order valence-electron chi connectivity index (χ2n) is 5.93. The van der Waals surface area contributed by atoms with Gasteiger partial charge in [0.15, 0.2) is 0 Å². The topological polar surface area (TPSA) is 70.4 Å². The van der Waals surface area contributed by atoms with E-state index < -0.39 is 0 Å². The Kier molecular flexibility index (Phi) is 5.06. The van der Waals surface area contributed by atoms with Crippen molar-refractivity contribution in [2.45, 2.75) is 25.4 Å². The van der Waals surface area contributed by atoms with Crippen LogP contribution in [0.2, 0.25) is 5.15 Å². The Balaban J connectivity index is 1.77. The van der Waals surface area contributed by atoms with Gasteiger partial charge in [0.2, 0.25) is 0 Å². The lowest BCUT2D eigenvalue weighted by molar-refractivity contribution is 0.0678. The minimum Gasteiger partial charge on any atom is -0.394 e. The molecule has 1 aromatic carbocycles. The zero-order chi connectivity index (χ0) is 17.1. The fourth-order valence-electron chi connectivity index (χ4n) is 3.03. The predicted octanol–water partition coefficient (Wildman–Crippen LogP) is 2.28. The molecule has 1 atom stereocenters. The number of amides is 1. The minimum atomic E-state index is -0.0843. The molecule has 1 fully saturated rings. The first-order valence-corrected chi connectivity index (χ1v) is 8.40. The van der Waals surface area contributed by atoms with Gasteiger partial charge in [-0.1, -0.05) is 23.7 Å². The van der Waals surface area contributed by atoms with E-state index in [2.05, 4.69) is 10.3 Å². The summed E-state index contributed by atoms with van der Waals surface area (Å²) < 4.78 is 1.79. The monoisotopic (exact) mass is 348 g/mol. The van der Waals surface area contributed by atoms with E-state index >= 15 is 0 Å². The third-order valence-corrected chi connectivity index (χ3v) is 4.82. The molecule has 6 nitrogen and oxygen atoms in total. The summed E-state index contributed by atoms with van der Waals surface area (Å²) in [5.74, 6) is 0.740. The number of nitrogens with one attached hydrogen (secondary N) is 1. The summed E-state index contributed by atoms with van der Waals surface area (Å²) in [5.41, 5.74) is 1.36. The van der Waals surface area contributed by atoms with Gasteiger partial charge in [-0.05, 0) is 25.0 Å². The van der Waals surface area contributed by atoms with Crippen LogP contribution in [-0.2, 0) is 13.6 Å². The smallest absolute Gasteiger partial charge is 0.256 e. The Hall–Kier alpha value is -2.05. The summed E-state index contributed by atoms with van der Waals surface area (Å²) >= 11 is 6.00. The SMILES string of the molecule is Cn1c(Cl)cnc1CNc1ccccc1C(=O)N1CCCC1CO. The number of hydrogen-bond donors (Lipinski definition) is 2. The molecule has 128 valence electrons. The van der Waals surface area contributed by atoms with Crippen LogP contribution in [0.25, 0.3) is 0 Å². The van der Waals surface area contributed by atoms with Gasteiger partial charge in [-0.2, -0.15) is 0 Å². The molecule has 0 radical (unpaired) electrons. The zero-order valence-electron chi connectivity index (χ0n) is 13.6. The fourth-order valence-corrected chi connectivity index (χ4v) is 3.18. The van der Waals surface area contributed by atoms with E-state index in [0.717, 1.165) is 24.4 Å². The van der Waals surface area contributed by atoms with Gasteiger partial charge in [-0.25, -0.2) is 4.98 Å². The molecule has 1 aromatic heterocycles. The van der Waals surface area contributed by atoms with E-state index in [1.807, 2.05) is 31.3 Å². The first-order chi connectivity index (χ1) is 11.6. The molecule has 2 aromatic rings. The maximum atomic E-state index is 12.9. The van der Waals surface area contributed by atoms with Crippen molar-refractivity contribution in [1.82, 2.24) is 14.5 Å². The number of nitrogens with zero attached hydrogens (tertiary/aromatic N) is 3. The third-order valence-electron chi connectivity index (χ3n) is 4.47. The molecule has 2 heterocycles. The van der Waals surface area contributed by atoms with Crippen molar-refractivity contribution in [3.8, 4) is 0 Å². The van der Waals surface area contributed by atoms with Crippen LogP contribution >= 0.6 is 11.6 Å². The lowest BCUT2D eigenvalue weighted by atomic mass is 10.1. The van der Waals surface area contributed by atoms with E-state index in [4.69, 9.17) is 11.6 Å². The van der Waals surface area contributed by atoms with E-state index in [1.165, 1.54) is 0 Å². The first kappa shape index (κ1) is 16.8. The zero-order valence-corrected chi connectivity index (χ0v) is 14.3. The molecule has 7 heteroatoms. The largest absolute Gasteiger partial charge is 0.394 e. The molecule has 0 saturated carbocycles. The first-order valence-electron chi connectivity index (χ1n) is 8.02. The van der Waals surface area contributed by atoms with Crippen molar-refractivity contribution >= 4 is 23.2 Å². The number of rotatable bonds is 5. The van der Waals surface area contributed by atoms with Gasteiger partial charge in [0.25, 0.3) is 5.91 Å². The average molecular weight is 349 g/mol. The number of carbonyl (C=O) groups is 1. The molecular formula is C17H21ClN4O2. The van der Waals surface area contributed by atoms with Crippen LogP contribution in [0.15, 0.2) is 30.5 Å². The average Bonchev–Trinajstić information content (AvgIpc) is 3.20. The standard InChI is InChI=1S/C17H21ClN4O2/c1-21-15(18)9-20-16(21)10-19-14-7-3-2-6-13(14)17(24)22-8-4-5-12(22)11-23/h2-3,6-7,9,12,19,23H,4-5,8,10-11H2,1H3. The van der Waals surface area contributed by atoms with Crippen molar-refractivity contribution in [3.63, 3.8) is 0 Å². The normalized spacial score (nSPS) is 17.3. The third kappa shape index (κ3) is 3.25. The highest BCUT2D eigenvalue weighted by molar-refractivity contribution is 6.29. The van der Waals surface area contributed by atoms with E-state index in [1.54, 1.807) is 15.7 Å². The molecular weight excluding hydrogens is 328 g/mol. The highest BCUT2D eigenvalue weighted by Crippen LogP contribution is 2.24. The minimum absolute atomic E-state index is 0.00705. The summed E-state index contributed by atoms with van der Waals surface area (Å²) in [6.45, 7) is 1.16. The van der Waals surface area contributed by atoms with Crippen molar-refractivity contribution in [2.24, 2.45) is 7.05 Å². The molecule has 1 amide bonds. The van der Waals surface area contributed by atoms with Gasteiger partial charge >= 0.3 is 0 Å². The molecule has 2 N–H and O–H groups in total. The summed E-state index contributed by atoms with van der Waals surface area (Å²) in [5, 5.41) is 13.3. The van der Waals surface area contributed by atoms with Crippen LogP contribution < -0.4 is 5.32 Å². The summed E-state index contributed by atoms with van der Waals surface area (Å²) in [7, 11) is 1.85. The van der Waals surface area contributed by atoms with E-state index in [0.29, 0.717) is 23.8 Å². The molecule has 24 heavy (non-hydrogen) atoms. The second-order valence-corrected chi connectivity index (χ2v) is 6.32. The Morgan fingerprint density at radius 1 is 1.46 bits per heavy atom. The second kappa shape index (κ2) is 7.23. The lowest BCUT2D eigenvalue weighted by Gasteiger charge is -2.24. The van der Waals surface area contributed by atoms with Gasteiger partial charge in [-0.3, -0.25) is 4.79 Å². The van der Waals surface area contributed by atoms with Crippen LogP contribution in [0, 0.1) is 0 Å². The van der Waals surface area contributed by atoms with Crippen LogP contribution in [0.5, 0.6) is 0 Å². The Bertz CT molecular complexity index is 731. The Morgan fingerprint density at radius 3 is 2.96 bits per heavy atom. The van der Waals surface area contributed by atoms with Gasteiger partial charge in [-0.15, -0.1) is 0 Å². The van der Waals surface area contributed by atoms with Gasteiger partial charge < -0.3 is 19.9 Å². The summed E-state index contributed by atoms with van der Waals surface area (Å²) in [6, 6.07) is 7.34. The van der Waals surface area contributed by atoms with Gasteiger partial charge in [0.1, 0.15) is 11.0 Å². The molecule has 3 rings (SSSR count). The number of benzene rings is 1. The number of aliphatic hydroxyl groups excluding tert-OH is 1. The van der Waals surface area contributed by atoms with Crippen LogP contribution in [0.4, 0.5) is 5.69 Å². The van der Waals surface area contributed by atoms with Crippen molar-refractivity contribution in [1.29, 1.82) is 0 Å². The maximum Gasteiger partial charge on any atom is 0.256 e. The number of carbonyl (C=O) groups excluding carboxylic acids is 1. The fraction of sp³-hybridized carbons (Fsp3) is 0.412. The summed E-state index contributed by atoms with van der Waals surface area (Å²) in [4.78, 5) is 18.9. The molecule has 1 aliphatic rings. The van der Waals surface area contributed by atoms with Crippen LogP contribution in [0.1, 0.15) is 29.0 Å². The van der Waals surface area contributed by atoms with Crippen LogP contribution in [-0.4, -0.2) is 44.7 Å². The van der Waals surface area contributed by atoms with Crippen LogP contribution in [0.3, 0.4) is 0 Å². The molecule has 1 saturated heterocycles. The highest BCUT2D eigenvalue weighted by Gasteiger charge is 2.29. The number of anilines is 1. The highest BCUT2D eigenvalue weighted by atomic mass is 35.5. The van der Waals surface area contributed by atoms with Crippen molar-refractivity contribution in [2.75, 3.05) is 18.5 Å². The predicted molar refractivity (Wildman–Crippen MR) is 93.1 cm³/mol. The number of likely N-dealkylation sites (tertiary alicyclic amines) is 1. The number of para-hydroxylation sites is 1. The number of aromatic nitrogens is 2. The molecule has 1 unspecified atom stereocenters. The summed E-state index contributed by atoms with van der Waals surface area (Å²) in [6.07, 6.45) is 3.38. The number of imidazole rings is 1. The molecule has 0 bridgehead atoms. The van der Waals surface area contributed by atoms with E-state index in [-0.39, 0.29) is 18.6 Å². The molecule has 0 aliphatic carbocycles. The number of aliphatic hydroxyl groups is 1. The lowest BCUT2D eigenvalue weighted by Crippen LogP contribution is -2.37. The Labute approximate surface area is 146 Å². The maximum absolute atomic E-state index is 12.9. The molecule has 0 spiro atoms. The van der Waals surface area contributed by atoms with Crippen molar-refractivity contribution < 1.29 is 9.90 Å². The quantitative estimate of drug-likeness (QED) is 0.869. The Morgan fingerprint density at radius 2 is 2.25 bits per heavy atom. The van der Waals surface area contributed by atoms with E-state index in [9.17, 15) is 9.90 Å². The number of hydrogen-bond acceptors (Lipinski definition) is 4.